The predicted molar refractivity (Wildman–Crippen MR) is 86.8 cm³/mol. The molecule has 0 aliphatic carbocycles. The zero-order chi connectivity index (χ0) is 13.9. The summed E-state index contributed by atoms with van der Waals surface area (Å²) in [5.74, 6) is 0.913. The van der Waals surface area contributed by atoms with Gasteiger partial charge in [-0.1, -0.05) is 19.1 Å². The van der Waals surface area contributed by atoms with E-state index in [1.165, 1.54) is 21.8 Å². The Morgan fingerprint density at radius 3 is 2.80 bits per heavy atom. The fourth-order valence-corrected chi connectivity index (χ4v) is 5.09. The van der Waals surface area contributed by atoms with Crippen molar-refractivity contribution in [1.29, 1.82) is 0 Å². The molecule has 3 rings (SSSR count). The highest BCUT2D eigenvalue weighted by atomic mass is 32.2. The molecule has 0 bridgehead atoms. The summed E-state index contributed by atoms with van der Waals surface area (Å²) in [4.78, 5) is 0. The first-order chi connectivity index (χ1) is 9.76. The van der Waals surface area contributed by atoms with Gasteiger partial charge >= 0.3 is 0 Å². The lowest BCUT2D eigenvalue weighted by atomic mass is 10.0. The van der Waals surface area contributed by atoms with Gasteiger partial charge in [-0.2, -0.15) is 0 Å². The molecular formula is C16H19NOS2. The Bertz CT molecular complexity index is 564. The SMILES string of the molecule is COc1ccc(CNC2C[C@H](C)Sc3sccc32)cc1. The maximum atomic E-state index is 5.19. The molecule has 20 heavy (non-hydrogen) atoms. The minimum absolute atomic E-state index is 0.481. The van der Waals surface area contributed by atoms with Gasteiger partial charge in [0.2, 0.25) is 0 Å². The number of hydrogen-bond donors (Lipinski definition) is 1. The number of benzene rings is 1. The van der Waals surface area contributed by atoms with E-state index in [1.807, 2.05) is 35.2 Å². The van der Waals surface area contributed by atoms with E-state index in [0.717, 1.165) is 12.3 Å². The van der Waals surface area contributed by atoms with Gasteiger partial charge < -0.3 is 10.1 Å². The van der Waals surface area contributed by atoms with Crippen molar-refractivity contribution in [3.05, 3.63) is 46.8 Å². The normalized spacial score (nSPS) is 21.5. The smallest absolute Gasteiger partial charge is 0.118 e. The molecule has 0 radical (unpaired) electrons. The quantitative estimate of drug-likeness (QED) is 0.900. The van der Waals surface area contributed by atoms with Gasteiger partial charge in [0.05, 0.1) is 11.3 Å². The van der Waals surface area contributed by atoms with Gasteiger partial charge in [-0.15, -0.1) is 23.1 Å². The standard InChI is InChI=1S/C16H19NOS2/c1-11-9-15(14-7-8-19-16(14)20-11)17-10-12-3-5-13(18-2)6-4-12/h3-8,11,15,17H,9-10H2,1-2H3/t11-,15?/m0/s1. The second-order valence-corrected chi connectivity index (χ2v) is 7.73. The average molecular weight is 305 g/mol. The van der Waals surface area contributed by atoms with Crippen molar-refractivity contribution in [2.75, 3.05) is 7.11 Å². The van der Waals surface area contributed by atoms with E-state index in [-0.39, 0.29) is 0 Å². The van der Waals surface area contributed by atoms with E-state index in [2.05, 4.69) is 35.8 Å². The molecule has 0 amide bonds. The summed E-state index contributed by atoms with van der Waals surface area (Å²) in [6, 6.07) is 11.0. The lowest BCUT2D eigenvalue weighted by molar-refractivity contribution is 0.414. The van der Waals surface area contributed by atoms with E-state index in [0.29, 0.717) is 11.3 Å². The van der Waals surface area contributed by atoms with Crippen molar-refractivity contribution in [2.24, 2.45) is 0 Å². The molecule has 2 nitrogen and oxygen atoms in total. The van der Waals surface area contributed by atoms with Gasteiger partial charge in [0.25, 0.3) is 0 Å². The van der Waals surface area contributed by atoms with E-state index in [4.69, 9.17) is 4.74 Å². The Labute approximate surface area is 128 Å². The first-order valence-electron chi connectivity index (χ1n) is 6.86. The van der Waals surface area contributed by atoms with Gasteiger partial charge in [-0.25, -0.2) is 0 Å². The molecule has 4 heteroatoms. The molecule has 1 aliphatic heterocycles. The maximum absolute atomic E-state index is 5.19. The Hall–Kier alpha value is -0.970. The van der Waals surface area contributed by atoms with Crippen LogP contribution in [-0.2, 0) is 6.54 Å². The van der Waals surface area contributed by atoms with E-state index < -0.39 is 0 Å². The van der Waals surface area contributed by atoms with Crippen molar-refractivity contribution in [2.45, 2.75) is 35.4 Å². The van der Waals surface area contributed by atoms with Crippen LogP contribution in [-0.4, -0.2) is 12.4 Å². The fourth-order valence-electron chi connectivity index (χ4n) is 2.53. The summed E-state index contributed by atoms with van der Waals surface area (Å²) in [5.41, 5.74) is 2.78. The van der Waals surface area contributed by atoms with Crippen LogP contribution in [0.15, 0.2) is 39.9 Å². The molecule has 0 spiro atoms. The molecule has 2 atom stereocenters. The van der Waals surface area contributed by atoms with Crippen LogP contribution in [0.25, 0.3) is 0 Å². The third-order valence-electron chi connectivity index (χ3n) is 3.62. The number of methoxy groups -OCH3 is 1. The Morgan fingerprint density at radius 1 is 1.25 bits per heavy atom. The zero-order valence-electron chi connectivity index (χ0n) is 11.8. The second kappa shape index (κ2) is 6.20. The van der Waals surface area contributed by atoms with Gasteiger partial charge in [0, 0.05) is 17.8 Å². The van der Waals surface area contributed by atoms with E-state index in [1.54, 1.807) is 7.11 Å². The molecule has 1 N–H and O–H groups in total. The van der Waals surface area contributed by atoms with Crippen molar-refractivity contribution in [1.82, 2.24) is 5.32 Å². The number of thiophene rings is 1. The molecule has 0 saturated heterocycles. The second-order valence-electron chi connectivity index (χ2n) is 5.11. The molecule has 0 fully saturated rings. The van der Waals surface area contributed by atoms with Crippen LogP contribution >= 0.6 is 23.1 Å². The third-order valence-corrected chi connectivity index (χ3v) is 5.97. The van der Waals surface area contributed by atoms with Crippen LogP contribution in [0.2, 0.25) is 0 Å². The summed E-state index contributed by atoms with van der Waals surface area (Å²) < 4.78 is 6.67. The van der Waals surface area contributed by atoms with E-state index >= 15 is 0 Å². The number of nitrogens with one attached hydrogen (secondary N) is 1. The van der Waals surface area contributed by atoms with Gasteiger partial charge in [-0.3, -0.25) is 0 Å². The fraction of sp³-hybridized carbons (Fsp3) is 0.375. The van der Waals surface area contributed by atoms with Crippen molar-refractivity contribution < 1.29 is 4.74 Å². The van der Waals surface area contributed by atoms with Crippen LogP contribution in [0, 0.1) is 0 Å². The Kier molecular flexibility index (Phi) is 4.34. The van der Waals surface area contributed by atoms with Crippen LogP contribution in [0.3, 0.4) is 0 Å². The molecule has 1 aromatic heterocycles. The number of fused-ring (bicyclic) bond motifs is 1. The molecule has 1 aliphatic rings. The largest absolute Gasteiger partial charge is 0.497 e. The van der Waals surface area contributed by atoms with E-state index in [9.17, 15) is 0 Å². The minimum Gasteiger partial charge on any atom is -0.497 e. The molecule has 2 heterocycles. The molecule has 0 saturated carbocycles. The predicted octanol–water partition coefficient (Wildman–Crippen LogP) is 4.47. The number of thioether (sulfide) groups is 1. The van der Waals surface area contributed by atoms with Crippen molar-refractivity contribution >= 4 is 23.1 Å². The lowest BCUT2D eigenvalue weighted by Crippen LogP contribution is -2.26. The summed E-state index contributed by atoms with van der Waals surface area (Å²) in [6.45, 7) is 3.22. The highest BCUT2D eigenvalue weighted by molar-refractivity contribution is 8.01. The van der Waals surface area contributed by atoms with Gasteiger partial charge in [0.1, 0.15) is 5.75 Å². The molecule has 1 unspecified atom stereocenters. The van der Waals surface area contributed by atoms with Gasteiger partial charge in [-0.05, 0) is 41.1 Å². The van der Waals surface area contributed by atoms with Crippen molar-refractivity contribution in [3.63, 3.8) is 0 Å². The Balaban J connectivity index is 1.66. The van der Waals surface area contributed by atoms with Crippen molar-refractivity contribution in [3.8, 4) is 5.75 Å². The minimum atomic E-state index is 0.481. The molecule has 1 aromatic carbocycles. The summed E-state index contributed by atoms with van der Waals surface area (Å²) >= 11 is 3.88. The highest BCUT2D eigenvalue weighted by Gasteiger charge is 2.25. The third kappa shape index (κ3) is 3.03. The van der Waals surface area contributed by atoms with Gasteiger partial charge in [0.15, 0.2) is 0 Å². The summed E-state index contributed by atoms with van der Waals surface area (Å²) in [6.07, 6.45) is 1.20. The summed E-state index contributed by atoms with van der Waals surface area (Å²) in [7, 11) is 1.70. The summed E-state index contributed by atoms with van der Waals surface area (Å²) in [5, 5.41) is 6.60. The number of hydrogen-bond acceptors (Lipinski definition) is 4. The molecule has 106 valence electrons. The molecule has 2 aromatic rings. The topological polar surface area (TPSA) is 21.3 Å². The maximum Gasteiger partial charge on any atom is 0.118 e. The lowest BCUT2D eigenvalue weighted by Gasteiger charge is -2.27. The first kappa shape index (κ1) is 14.0. The monoisotopic (exact) mass is 305 g/mol. The van der Waals surface area contributed by atoms with Crippen LogP contribution in [0.1, 0.15) is 30.5 Å². The van der Waals surface area contributed by atoms with Crippen LogP contribution in [0.5, 0.6) is 5.75 Å². The number of ether oxygens (including phenoxy) is 1. The van der Waals surface area contributed by atoms with Crippen LogP contribution in [0.4, 0.5) is 0 Å². The first-order valence-corrected chi connectivity index (χ1v) is 8.62. The highest BCUT2D eigenvalue weighted by Crippen LogP contribution is 2.43. The molecular weight excluding hydrogens is 286 g/mol. The van der Waals surface area contributed by atoms with Crippen LogP contribution < -0.4 is 10.1 Å². The number of rotatable bonds is 4. The zero-order valence-corrected chi connectivity index (χ0v) is 13.4. The Morgan fingerprint density at radius 2 is 2.05 bits per heavy atom. The average Bonchev–Trinajstić information content (AvgIpc) is 2.93.